The Labute approximate surface area is 143 Å². The maximum Gasteiger partial charge on any atom is 0.387 e. The Bertz CT molecular complexity index is 966. The van der Waals surface area contributed by atoms with Crippen LogP contribution in [0.2, 0.25) is 0 Å². The monoisotopic (exact) mass is 364 g/mol. The lowest BCUT2D eigenvalue weighted by molar-refractivity contribution is -0.0498. The van der Waals surface area contributed by atoms with Gasteiger partial charge in [-0.15, -0.1) is 0 Å². The molecule has 1 heterocycles. The van der Waals surface area contributed by atoms with E-state index in [0.29, 0.717) is 5.69 Å². The van der Waals surface area contributed by atoms with Crippen molar-refractivity contribution in [1.82, 2.24) is 9.78 Å². The third-order valence-electron chi connectivity index (χ3n) is 3.53. The molecule has 25 heavy (non-hydrogen) atoms. The smallest absolute Gasteiger partial charge is 0.387 e. The highest BCUT2D eigenvalue weighted by molar-refractivity contribution is 7.90. The van der Waals surface area contributed by atoms with Gasteiger partial charge in [-0.2, -0.15) is 13.9 Å². The topological polar surface area (TPSA) is 61.2 Å². The van der Waals surface area contributed by atoms with Gasteiger partial charge in [-0.25, -0.2) is 13.1 Å². The van der Waals surface area contributed by atoms with Crippen molar-refractivity contribution in [3.8, 4) is 22.7 Å². The Hall–Kier alpha value is -2.74. The van der Waals surface area contributed by atoms with Crippen molar-refractivity contribution < 1.29 is 21.9 Å². The number of alkyl halides is 2. The van der Waals surface area contributed by atoms with Crippen molar-refractivity contribution in [3.05, 3.63) is 60.8 Å². The summed E-state index contributed by atoms with van der Waals surface area (Å²) in [7, 11) is -3.26. The van der Waals surface area contributed by atoms with Crippen LogP contribution >= 0.6 is 0 Å². The number of hydrogen-bond acceptors (Lipinski definition) is 4. The van der Waals surface area contributed by atoms with Gasteiger partial charge in [0, 0.05) is 11.8 Å². The number of hydrogen-bond donors (Lipinski definition) is 0. The highest BCUT2D eigenvalue weighted by Gasteiger charge is 2.11. The fourth-order valence-corrected chi connectivity index (χ4v) is 3.00. The number of benzene rings is 2. The fourth-order valence-electron chi connectivity index (χ4n) is 2.37. The second-order valence-electron chi connectivity index (χ2n) is 5.30. The van der Waals surface area contributed by atoms with Crippen molar-refractivity contribution in [2.75, 3.05) is 6.26 Å². The highest BCUT2D eigenvalue weighted by atomic mass is 32.2. The van der Waals surface area contributed by atoms with Crippen LogP contribution in [0.3, 0.4) is 0 Å². The first-order chi connectivity index (χ1) is 11.8. The summed E-state index contributed by atoms with van der Waals surface area (Å²) in [5.41, 5.74) is 2.18. The maximum absolute atomic E-state index is 12.2. The van der Waals surface area contributed by atoms with Crippen molar-refractivity contribution in [2.24, 2.45) is 0 Å². The van der Waals surface area contributed by atoms with E-state index in [-0.39, 0.29) is 10.6 Å². The highest BCUT2D eigenvalue weighted by Crippen LogP contribution is 2.25. The van der Waals surface area contributed by atoms with E-state index >= 15 is 0 Å². The average Bonchev–Trinajstić information content (AvgIpc) is 3.04. The van der Waals surface area contributed by atoms with Crippen molar-refractivity contribution in [3.63, 3.8) is 0 Å². The van der Waals surface area contributed by atoms with Crippen molar-refractivity contribution >= 4 is 9.84 Å². The first-order valence-electron chi connectivity index (χ1n) is 7.24. The standard InChI is InChI=1S/C17H14F2N2O3S/c1-25(22,23)15-8-2-12(3-9-15)16-10-11-20-21(16)13-4-6-14(7-5-13)24-17(18)19/h2-11,17H,1H3. The number of ether oxygens (including phenoxy) is 1. The molecule has 1 aromatic heterocycles. The molecule has 0 spiro atoms. The number of nitrogens with zero attached hydrogens (tertiary/aromatic N) is 2. The van der Waals surface area contributed by atoms with Crippen LogP contribution in [0.1, 0.15) is 0 Å². The van der Waals surface area contributed by atoms with Crippen LogP contribution in [0.15, 0.2) is 65.7 Å². The summed E-state index contributed by atoms with van der Waals surface area (Å²) in [6, 6.07) is 14.3. The van der Waals surface area contributed by atoms with E-state index in [1.54, 1.807) is 41.2 Å². The van der Waals surface area contributed by atoms with Gasteiger partial charge < -0.3 is 4.74 Å². The normalized spacial score (nSPS) is 11.7. The van der Waals surface area contributed by atoms with Gasteiger partial charge >= 0.3 is 6.61 Å². The molecule has 0 amide bonds. The lowest BCUT2D eigenvalue weighted by Crippen LogP contribution is -2.03. The molecule has 0 N–H and O–H groups in total. The first-order valence-corrected chi connectivity index (χ1v) is 9.13. The van der Waals surface area contributed by atoms with E-state index in [1.807, 2.05) is 0 Å². The molecule has 0 aliphatic heterocycles. The van der Waals surface area contributed by atoms with Crippen molar-refractivity contribution in [1.29, 1.82) is 0 Å². The molecule has 0 saturated carbocycles. The summed E-state index contributed by atoms with van der Waals surface area (Å²) >= 11 is 0. The molecule has 2 aromatic carbocycles. The zero-order valence-corrected chi connectivity index (χ0v) is 14.0. The quantitative estimate of drug-likeness (QED) is 0.695. The Balaban J connectivity index is 1.93. The molecule has 130 valence electrons. The van der Waals surface area contributed by atoms with Gasteiger partial charge in [-0.1, -0.05) is 12.1 Å². The summed E-state index contributed by atoms with van der Waals surface area (Å²) in [6.45, 7) is -2.88. The third-order valence-corrected chi connectivity index (χ3v) is 4.66. The van der Waals surface area contributed by atoms with Gasteiger partial charge in [0.2, 0.25) is 0 Å². The molecule has 3 aromatic rings. The lowest BCUT2D eigenvalue weighted by atomic mass is 10.1. The minimum Gasteiger partial charge on any atom is -0.435 e. The summed E-state index contributed by atoms with van der Waals surface area (Å²) in [5, 5.41) is 4.23. The van der Waals surface area contributed by atoms with E-state index in [1.165, 1.54) is 24.3 Å². The molecule has 0 unspecified atom stereocenters. The molecular weight excluding hydrogens is 350 g/mol. The summed E-state index contributed by atoms with van der Waals surface area (Å²) < 4.78 is 53.5. The maximum atomic E-state index is 12.2. The third kappa shape index (κ3) is 3.85. The van der Waals surface area contributed by atoms with Gasteiger partial charge in [-0.3, -0.25) is 0 Å². The fraction of sp³-hybridized carbons (Fsp3) is 0.118. The van der Waals surface area contributed by atoms with E-state index < -0.39 is 16.4 Å². The molecule has 0 radical (unpaired) electrons. The molecule has 5 nitrogen and oxygen atoms in total. The van der Waals surface area contributed by atoms with E-state index in [2.05, 4.69) is 9.84 Å². The van der Waals surface area contributed by atoms with Crippen LogP contribution in [0.4, 0.5) is 8.78 Å². The van der Waals surface area contributed by atoms with E-state index in [9.17, 15) is 17.2 Å². The number of aromatic nitrogens is 2. The SMILES string of the molecule is CS(=O)(=O)c1ccc(-c2ccnn2-c2ccc(OC(F)F)cc2)cc1. The molecule has 8 heteroatoms. The van der Waals surface area contributed by atoms with Crippen LogP contribution in [-0.4, -0.2) is 31.1 Å². The van der Waals surface area contributed by atoms with Crippen LogP contribution in [0.25, 0.3) is 16.9 Å². The molecule has 0 bridgehead atoms. The zero-order valence-electron chi connectivity index (χ0n) is 13.1. The van der Waals surface area contributed by atoms with Gasteiger partial charge in [0.1, 0.15) is 5.75 Å². The Morgan fingerprint density at radius 1 is 1.00 bits per heavy atom. The second kappa shape index (κ2) is 6.64. The Morgan fingerprint density at radius 2 is 1.64 bits per heavy atom. The van der Waals surface area contributed by atoms with Crippen LogP contribution in [0, 0.1) is 0 Å². The van der Waals surface area contributed by atoms with Crippen LogP contribution in [0.5, 0.6) is 5.75 Å². The predicted molar refractivity (Wildman–Crippen MR) is 88.7 cm³/mol. The second-order valence-corrected chi connectivity index (χ2v) is 7.31. The van der Waals surface area contributed by atoms with Crippen molar-refractivity contribution in [2.45, 2.75) is 11.5 Å². The Kier molecular flexibility index (Phi) is 4.54. The molecule has 0 aliphatic rings. The first kappa shape index (κ1) is 17.1. The Morgan fingerprint density at radius 3 is 2.20 bits per heavy atom. The summed E-state index contributed by atoms with van der Waals surface area (Å²) in [6.07, 6.45) is 2.75. The largest absolute Gasteiger partial charge is 0.435 e. The zero-order chi connectivity index (χ0) is 18.0. The number of sulfone groups is 1. The predicted octanol–water partition coefficient (Wildman–Crippen LogP) is 3.54. The van der Waals surface area contributed by atoms with Gasteiger partial charge in [0.15, 0.2) is 9.84 Å². The summed E-state index contributed by atoms with van der Waals surface area (Å²) in [4.78, 5) is 0.232. The molecule has 0 atom stereocenters. The molecule has 0 saturated heterocycles. The van der Waals surface area contributed by atoms with E-state index in [0.717, 1.165) is 17.5 Å². The van der Waals surface area contributed by atoms with Gasteiger partial charge in [-0.05, 0) is 42.5 Å². The number of rotatable bonds is 5. The van der Waals surface area contributed by atoms with E-state index in [4.69, 9.17) is 0 Å². The van der Waals surface area contributed by atoms with Gasteiger partial charge in [0.05, 0.1) is 22.5 Å². The minimum atomic E-state index is -3.26. The van der Waals surface area contributed by atoms with Gasteiger partial charge in [0.25, 0.3) is 0 Å². The lowest BCUT2D eigenvalue weighted by Gasteiger charge is -2.10. The molecule has 3 rings (SSSR count). The average molecular weight is 364 g/mol. The molecule has 0 fully saturated rings. The summed E-state index contributed by atoms with van der Waals surface area (Å²) in [5.74, 6) is 0.0601. The molecule has 0 aliphatic carbocycles. The number of halogens is 2. The molecular formula is C17H14F2N2O3S. The van der Waals surface area contributed by atoms with Crippen LogP contribution in [-0.2, 0) is 9.84 Å². The minimum absolute atomic E-state index is 0.0601. The van der Waals surface area contributed by atoms with Crippen LogP contribution < -0.4 is 4.74 Å².